The molecule has 0 spiro atoms. The molecule has 1 aliphatic carbocycles. The zero-order valence-corrected chi connectivity index (χ0v) is 6.62. The summed E-state index contributed by atoms with van der Waals surface area (Å²) in [6.07, 6.45) is 4.40. The summed E-state index contributed by atoms with van der Waals surface area (Å²) in [6, 6.07) is 0.236. The molecule has 3 N–H and O–H groups in total. The maximum absolute atomic E-state index is 10.6. The zero-order chi connectivity index (χ0) is 8.27. The van der Waals surface area contributed by atoms with Crippen molar-refractivity contribution in [1.82, 2.24) is 0 Å². The third-order valence-corrected chi connectivity index (χ3v) is 2.36. The third-order valence-electron chi connectivity index (χ3n) is 2.36. The van der Waals surface area contributed by atoms with Gasteiger partial charge in [-0.3, -0.25) is 4.79 Å². The van der Waals surface area contributed by atoms with Gasteiger partial charge in [-0.05, 0) is 25.7 Å². The SMILES string of the molecule is NC1CCCC(C(=O)O)CC1. The highest BCUT2D eigenvalue weighted by molar-refractivity contribution is 5.69. The van der Waals surface area contributed by atoms with Crippen molar-refractivity contribution in [2.75, 3.05) is 0 Å². The first-order valence-corrected chi connectivity index (χ1v) is 4.18. The van der Waals surface area contributed by atoms with Crippen LogP contribution in [0.25, 0.3) is 0 Å². The number of hydrogen-bond acceptors (Lipinski definition) is 2. The summed E-state index contributed by atoms with van der Waals surface area (Å²) in [5, 5.41) is 8.71. The van der Waals surface area contributed by atoms with E-state index >= 15 is 0 Å². The molecule has 0 aromatic carbocycles. The quantitative estimate of drug-likeness (QED) is 0.558. The summed E-state index contributed by atoms with van der Waals surface area (Å²) in [6.45, 7) is 0. The smallest absolute Gasteiger partial charge is 0.306 e. The van der Waals surface area contributed by atoms with Crippen LogP contribution in [0.4, 0.5) is 0 Å². The first-order chi connectivity index (χ1) is 5.20. The molecule has 1 fully saturated rings. The van der Waals surface area contributed by atoms with E-state index in [4.69, 9.17) is 10.8 Å². The third kappa shape index (κ3) is 2.50. The number of nitrogens with two attached hydrogens (primary N) is 1. The fourth-order valence-electron chi connectivity index (χ4n) is 1.58. The first kappa shape index (κ1) is 8.53. The van der Waals surface area contributed by atoms with Crippen molar-refractivity contribution in [1.29, 1.82) is 0 Å². The molecular weight excluding hydrogens is 142 g/mol. The molecule has 3 heteroatoms. The number of carbonyl (C=O) groups is 1. The first-order valence-electron chi connectivity index (χ1n) is 4.18. The maximum atomic E-state index is 10.6. The lowest BCUT2D eigenvalue weighted by Gasteiger charge is -2.07. The van der Waals surface area contributed by atoms with Gasteiger partial charge in [-0.1, -0.05) is 6.42 Å². The van der Waals surface area contributed by atoms with Crippen molar-refractivity contribution < 1.29 is 9.90 Å². The fraction of sp³-hybridized carbons (Fsp3) is 0.875. The van der Waals surface area contributed by atoms with Crippen LogP contribution in [0.1, 0.15) is 32.1 Å². The molecule has 0 amide bonds. The van der Waals surface area contributed by atoms with Gasteiger partial charge in [0.1, 0.15) is 0 Å². The predicted octanol–water partition coefficient (Wildman–Crippen LogP) is 0.979. The number of rotatable bonds is 1. The van der Waals surface area contributed by atoms with Crippen LogP contribution in [0, 0.1) is 5.92 Å². The van der Waals surface area contributed by atoms with E-state index in [-0.39, 0.29) is 12.0 Å². The highest BCUT2D eigenvalue weighted by Gasteiger charge is 2.21. The van der Waals surface area contributed by atoms with Crippen LogP contribution in [0.2, 0.25) is 0 Å². The van der Waals surface area contributed by atoms with Crippen molar-refractivity contribution >= 4 is 5.97 Å². The lowest BCUT2D eigenvalue weighted by atomic mass is 10.0. The number of aliphatic carboxylic acids is 1. The van der Waals surface area contributed by atoms with Crippen LogP contribution >= 0.6 is 0 Å². The highest BCUT2D eigenvalue weighted by atomic mass is 16.4. The summed E-state index contributed by atoms with van der Waals surface area (Å²) >= 11 is 0. The van der Waals surface area contributed by atoms with Crippen molar-refractivity contribution in [2.45, 2.75) is 38.1 Å². The fourth-order valence-corrected chi connectivity index (χ4v) is 1.58. The lowest BCUT2D eigenvalue weighted by molar-refractivity contribution is -0.142. The topological polar surface area (TPSA) is 63.3 Å². The van der Waals surface area contributed by atoms with Crippen LogP contribution in [-0.2, 0) is 4.79 Å². The standard InChI is InChI=1S/C8H15NO2/c9-7-3-1-2-6(4-5-7)8(10)11/h6-7H,1-5,9H2,(H,10,11). The molecule has 0 saturated heterocycles. The van der Waals surface area contributed by atoms with Gasteiger partial charge in [-0.2, -0.15) is 0 Å². The molecule has 0 bridgehead atoms. The van der Waals surface area contributed by atoms with Crippen LogP contribution in [0.15, 0.2) is 0 Å². The van der Waals surface area contributed by atoms with Gasteiger partial charge in [-0.15, -0.1) is 0 Å². The summed E-state index contributed by atoms with van der Waals surface area (Å²) in [4.78, 5) is 10.6. The second kappa shape index (κ2) is 3.72. The van der Waals surface area contributed by atoms with Gasteiger partial charge in [0.2, 0.25) is 0 Å². The van der Waals surface area contributed by atoms with Crippen LogP contribution in [-0.4, -0.2) is 17.1 Å². The van der Waals surface area contributed by atoms with E-state index in [2.05, 4.69) is 0 Å². The second-order valence-corrected chi connectivity index (χ2v) is 3.30. The summed E-state index contributed by atoms with van der Waals surface area (Å²) in [7, 11) is 0. The molecule has 0 heterocycles. The van der Waals surface area contributed by atoms with Crippen molar-refractivity contribution in [3.63, 3.8) is 0 Å². The van der Waals surface area contributed by atoms with Gasteiger partial charge in [0.15, 0.2) is 0 Å². The maximum Gasteiger partial charge on any atom is 0.306 e. The summed E-state index contributed by atoms with van der Waals surface area (Å²) in [5.74, 6) is -0.789. The minimum Gasteiger partial charge on any atom is -0.481 e. The number of hydrogen-bond donors (Lipinski definition) is 2. The molecule has 0 radical (unpaired) electrons. The largest absolute Gasteiger partial charge is 0.481 e. The van der Waals surface area contributed by atoms with E-state index in [1.165, 1.54) is 0 Å². The molecule has 0 aliphatic heterocycles. The van der Waals surface area contributed by atoms with Crippen molar-refractivity contribution in [3.8, 4) is 0 Å². The van der Waals surface area contributed by atoms with Gasteiger partial charge in [0.25, 0.3) is 0 Å². The molecule has 11 heavy (non-hydrogen) atoms. The predicted molar refractivity (Wildman–Crippen MR) is 42.2 cm³/mol. The van der Waals surface area contributed by atoms with E-state index in [1.54, 1.807) is 0 Å². The lowest BCUT2D eigenvalue weighted by Crippen LogP contribution is -2.19. The monoisotopic (exact) mass is 157 g/mol. The molecule has 1 rings (SSSR count). The van der Waals surface area contributed by atoms with Gasteiger partial charge < -0.3 is 10.8 Å². The highest BCUT2D eigenvalue weighted by Crippen LogP contribution is 2.22. The van der Waals surface area contributed by atoms with Gasteiger partial charge in [0.05, 0.1) is 5.92 Å². The van der Waals surface area contributed by atoms with Gasteiger partial charge >= 0.3 is 5.97 Å². The average Bonchev–Trinajstić information content (AvgIpc) is 2.13. The Morgan fingerprint density at radius 3 is 2.64 bits per heavy atom. The molecule has 0 aromatic heterocycles. The normalized spacial score (nSPS) is 32.8. The molecular formula is C8H15NO2. The van der Waals surface area contributed by atoms with Crippen molar-refractivity contribution in [3.05, 3.63) is 0 Å². The Hall–Kier alpha value is -0.570. The van der Waals surface area contributed by atoms with E-state index in [1.807, 2.05) is 0 Å². The van der Waals surface area contributed by atoms with Crippen LogP contribution in [0.5, 0.6) is 0 Å². The Kier molecular flexibility index (Phi) is 2.88. The Morgan fingerprint density at radius 2 is 2.00 bits per heavy atom. The Bertz CT molecular complexity index is 147. The van der Waals surface area contributed by atoms with Crippen molar-refractivity contribution in [2.24, 2.45) is 11.7 Å². The Morgan fingerprint density at radius 1 is 1.27 bits per heavy atom. The average molecular weight is 157 g/mol. The number of carboxylic acids is 1. The number of carboxylic acid groups (broad SMARTS) is 1. The zero-order valence-electron chi connectivity index (χ0n) is 6.62. The molecule has 1 saturated carbocycles. The van der Waals surface area contributed by atoms with Gasteiger partial charge in [0, 0.05) is 6.04 Å². The Labute approximate surface area is 66.6 Å². The van der Waals surface area contributed by atoms with E-state index in [0.29, 0.717) is 0 Å². The van der Waals surface area contributed by atoms with E-state index < -0.39 is 5.97 Å². The molecule has 0 aromatic rings. The van der Waals surface area contributed by atoms with Crippen LogP contribution < -0.4 is 5.73 Å². The van der Waals surface area contributed by atoms with E-state index in [0.717, 1.165) is 32.1 Å². The minimum absolute atomic E-state index is 0.136. The van der Waals surface area contributed by atoms with Crippen LogP contribution in [0.3, 0.4) is 0 Å². The molecule has 3 nitrogen and oxygen atoms in total. The summed E-state index contributed by atoms with van der Waals surface area (Å²) in [5.41, 5.74) is 5.70. The molecule has 1 aliphatic rings. The van der Waals surface area contributed by atoms with E-state index in [9.17, 15) is 4.79 Å². The molecule has 2 unspecified atom stereocenters. The van der Waals surface area contributed by atoms with Gasteiger partial charge in [-0.25, -0.2) is 0 Å². The molecule has 64 valence electrons. The minimum atomic E-state index is -0.654. The molecule has 2 atom stereocenters. The second-order valence-electron chi connectivity index (χ2n) is 3.30. The summed E-state index contributed by atoms with van der Waals surface area (Å²) < 4.78 is 0. The Balaban J connectivity index is 2.40.